The van der Waals surface area contributed by atoms with Crippen LogP contribution in [-0.4, -0.2) is 45.5 Å². The number of aromatic nitrogens is 3. The van der Waals surface area contributed by atoms with Crippen molar-refractivity contribution in [3.8, 4) is 23.0 Å². The van der Waals surface area contributed by atoms with Crippen LogP contribution < -0.4 is 15.6 Å². The highest BCUT2D eigenvalue weighted by atomic mass is 16.5. The quantitative estimate of drug-likeness (QED) is 0.206. The normalized spacial score (nSPS) is 10.6. The van der Waals surface area contributed by atoms with Gasteiger partial charge in [0.2, 0.25) is 22.3 Å². The maximum Gasteiger partial charge on any atom is 0.267 e. The zero-order chi connectivity index (χ0) is 27.9. The Labute approximate surface area is 207 Å². The van der Waals surface area contributed by atoms with E-state index >= 15 is 0 Å². The molecule has 0 saturated carbocycles. The molecule has 7 N–H and O–H groups in total. The summed E-state index contributed by atoms with van der Waals surface area (Å²) < 4.78 is 2.34. The largest absolute Gasteiger partial charge is 0.504 e. The van der Waals surface area contributed by atoms with Crippen molar-refractivity contribution in [2.75, 3.05) is 0 Å². The third-order valence-electron chi connectivity index (χ3n) is 4.91. The zero-order valence-corrected chi connectivity index (χ0v) is 21.0. The predicted octanol–water partition coefficient (Wildman–Crippen LogP) is 2.58. The molecule has 0 unspecified atom stereocenters. The molecule has 0 aliphatic rings. The number of rotatable bonds is 3. The molecule has 0 saturated heterocycles. The first-order valence-corrected chi connectivity index (χ1v) is 11.0. The highest BCUT2D eigenvalue weighted by Gasteiger charge is 2.18. The van der Waals surface area contributed by atoms with Crippen LogP contribution >= 0.6 is 0 Å². The summed E-state index contributed by atoms with van der Waals surface area (Å²) in [4.78, 5) is 21.8. The van der Waals surface area contributed by atoms with Crippen LogP contribution in [0, 0.1) is 0 Å². The molecule has 0 aliphatic heterocycles. The topological polar surface area (TPSA) is 189 Å². The van der Waals surface area contributed by atoms with Crippen LogP contribution in [0.2, 0.25) is 0 Å². The van der Waals surface area contributed by atoms with Gasteiger partial charge in [-0.2, -0.15) is 9.46 Å². The Morgan fingerprint density at radius 2 is 1.03 bits per heavy atom. The van der Waals surface area contributed by atoms with Gasteiger partial charge in [-0.05, 0) is 11.8 Å². The monoisotopic (exact) mass is 508 g/mol. The van der Waals surface area contributed by atoms with Crippen LogP contribution in [0.3, 0.4) is 0 Å². The second-order valence-electron chi connectivity index (χ2n) is 8.86. The smallest absolute Gasteiger partial charge is 0.267 e. The van der Waals surface area contributed by atoms with E-state index in [0.29, 0.717) is 17.1 Å². The Hall–Kier alpha value is -4.35. The summed E-state index contributed by atoms with van der Waals surface area (Å²) in [6.07, 6.45) is 3.06. The molecule has 0 aromatic carbocycles. The average molecular weight is 509 g/mol. The molecule has 0 radical (unpaired) electrons. The third-order valence-corrected chi connectivity index (χ3v) is 4.91. The van der Waals surface area contributed by atoms with Gasteiger partial charge in [0.1, 0.15) is 0 Å². The summed E-state index contributed by atoms with van der Waals surface area (Å²) in [5.74, 6) is -1.26. The first-order chi connectivity index (χ1) is 16.6. The van der Waals surface area contributed by atoms with Crippen molar-refractivity contribution in [2.45, 2.75) is 59.3 Å². The fourth-order valence-corrected chi connectivity index (χ4v) is 2.89. The van der Waals surface area contributed by atoms with Crippen molar-refractivity contribution in [1.82, 2.24) is 9.46 Å². The van der Waals surface area contributed by atoms with Crippen molar-refractivity contribution in [3.05, 3.63) is 74.3 Å². The molecule has 0 spiro atoms. The third kappa shape index (κ3) is 7.86. The highest BCUT2D eigenvalue weighted by Crippen LogP contribution is 2.24. The summed E-state index contributed by atoms with van der Waals surface area (Å²) in [5.41, 5.74) is 0.578. The molecule has 3 rings (SSSR count). The SMILES string of the molecule is CC(C)c1cc(=O)c(O)cn1O.CC(C)c1cc(=O)c(O)cn1O.CC(C)c1cc(O)c(O)c[n+]1O. The van der Waals surface area contributed by atoms with Gasteiger partial charge in [0, 0.05) is 22.8 Å². The van der Waals surface area contributed by atoms with E-state index in [4.69, 9.17) is 20.4 Å². The van der Waals surface area contributed by atoms with Crippen molar-refractivity contribution in [3.63, 3.8) is 0 Å². The lowest BCUT2D eigenvalue weighted by Crippen LogP contribution is -2.35. The van der Waals surface area contributed by atoms with Gasteiger partial charge >= 0.3 is 0 Å². The molecule has 12 nitrogen and oxygen atoms in total. The van der Waals surface area contributed by atoms with Gasteiger partial charge in [-0.1, -0.05) is 41.5 Å². The minimum Gasteiger partial charge on any atom is -0.504 e. The maximum absolute atomic E-state index is 10.9. The van der Waals surface area contributed by atoms with E-state index in [2.05, 4.69) is 0 Å². The fraction of sp³-hybridized carbons (Fsp3) is 0.375. The first kappa shape index (κ1) is 29.7. The lowest BCUT2D eigenvalue weighted by atomic mass is 10.1. The van der Waals surface area contributed by atoms with E-state index in [-0.39, 0.29) is 29.3 Å². The highest BCUT2D eigenvalue weighted by molar-refractivity contribution is 5.34. The number of nitrogens with zero attached hydrogens (tertiary/aromatic N) is 3. The van der Waals surface area contributed by atoms with Crippen molar-refractivity contribution >= 4 is 0 Å². The Bertz CT molecular complexity index is 1230. The summed E-state index contributed by atoms with van der Waals surface area (Å²) >= 11 is 0. The fourth-order valence-electron chi connectivity index (χ4n) is 2.89. The zero-order valence-electron chi connectivity index (χ0n) is 21.0. The molecular weight excluding hydrogens is 474 g/mol. The van der Waals surface area contributed by atoms with E-state index in [0.717, 1.165) is 32.8 Å². The molecule has 3 aromatic heterocycles. The van der Waals surface area contributed by atoms with Crippen molar-refractivity contribution < 1.29 is 40.8 Å². The number of pyridine rings is 3. The molecule has 0 amide bonds. The molecular formula is C24H34N3O9+. The van der Waals surface area contributed by atoms with Crippen LogP contribution in [0.25, 0.3) is 0 Å². The van der Waals surface area contributed by atoms with E-state index in [9.17, 15) is 25.2 Å². The standard InChI is InChI=1S/3C8H11NO3/c3*1-5(2)6-3-7(10)8(11)4-9(6)12/h3*3-5,11-12H,1-2H3/p+1. The molecule has 0 fully saturated rings. The second-order valence-corrected chi connectivity index (χ2v) is 8.86. The van der Waals surface area contributed by atoms with E-state index in [1.807, 2.05) is 41.5 Å². The minimum absolute atomic E-state index is 0.0447. The Balaban J connectivity index is 0.000000270. The number of hydrogen-bond acceptors (Lipinski definition) is 9. The van der Waals surface area contributed by atoms with E-state index in [1.54, 1.807) is 0 Å². The van der Waals surface area contributed by atoms with E-state index < -0.39 is 22.4 Å². The Morgan fingerprint density at radius 1 is 0.639 bits per heavy atom. The van der Waals surface area contributed by atoms with Gasteiger partial charge in [-0.15, -0.1) is 0 Å². The molecule has 3 aromatic rings. The molecule has 0 bridgehead atoms. The van der Waals surface area contributed by atoms with E-state index in [1.165, 1.54) is 18.2 Å². The summed E-state index contributed by atoms with van der Waals surface area (Å²) in [7, 11) is 0. The molecule has 0 aliphatic carbocycles. The van der Waals surface area contributed by atoms with Crippen LogP contribution in [0.15, 0.2) is 46.4 Å². The van der Waals surface area contributed by atoms with Gasteiger partial charge in [0.15, 0.2) is 17.2 Å². The van der Waals surface area contributed by atoms with Crippen LogP contribution in [0.4, 0.5) is 0 Å². The average Bonchev–Trinajstić information content (AvgIpc) is 2.76. The molecule has 3 heterocycles. The van der Waals surface area contributed by atoms with Gasteiger partial charge in [-0.3, -0.25) is 14.8 Å². The Kier molecular flexibility index (Phi) is 10.2. The molecule has 198 valence electrons. The lowest BCUT2D eigenvalue weighted by Gasteiger charge is -2.09. The lowest BCUT2D eigenvalue weighted by molar-refractivity contribution is -0.910. The van der Waals surface area contributed by atoms with Crippen LogP contribution in [-0.2, 0) is 0 Å². The summed E-state index contributed by atoms with van der Waals surface area (Å²) in [6.45, 7) is 11.1. The first-order valence-electron chi connectivity index (χ1n) is 11.0. The van der Waals surface area contributed by atoms with Gasteiger partial charge in [-0.25, -0.2) is 0 Å². The molecule has 0 atom stereocenters. The van der Waals surface area contributed by atoms with Crippen LogP contribution in [0.1, 0.15) is 76.4 Å². The number of aromatic hydroxyl groups is 4. The van der Waals surface area contributed by atoms with Gasteiger partial charge < -0.3 is 30.8 Å². The summed E-state index contributed by atoms with van der Waals surface area (Å²) in [5, 5.41) is 63.5. The predicted molar refractivity (Wildman–Crippen MR) is 129 cm³/mol. The molecule has 12 heteroatoms. The minimum atomic E-state index is -0.469. The molecule has 36 heavy (non-hydrogen) atoms. The van der Waals surface area contributed by atoms with Crippen LogP contribution in [0.5, 0.6) is 23.0 Å². The second kappa shape index (κ2) is 12.4. The van der Waals surface area contributed by atoms with Crippen molar-refractivity contribution in [1.29, 1.82) is 0 Å². The number of hydrogen-bond donors (Lipinski definition) is 7. The Morgan fingerprint density at radius 3 is 1.36 bits per heavy atom. The van der Waals surface area contributed by atoms with Gasteiger partial charge in [0.05, 0.1) is 29.8 Å². The van der Waals surface area contributed by atoms with Crippen molar-refractivity contribution in [2.24, 2.45) is 0 Å². The maximum atomic E-state index is 10.9. The van der Waals surface area contributed by atoms with Gasteiger partial charge in [0.25, 0.3) is 6.20 Å². The summed E-state index contributed by atoms with van der Waals surface area (Å²) in [6, 6.07) is 3.78.